The quantitative estimate of drug-likeness (QED) is 0.759. The highest BCUT2D eigenvalue weighted by atomic mass is 79.9. The summed E-state index contributed by atoms with van der Waals surface area (Å²) in [6, 6.07) is 7.89. The third-order valence-corrected chi connectivity index (χ3v) is 4.80. The molecule has 0 saturated carbocycles. The molecule has 0 aliphatic carbocycles. The van der Waals surface area contributed by atoms with E-state index >= 15 is 0 Å². The molecule has 0 spiro atoms. The van der Waals surface area contributed by atoms with Gasteiger partial charge < -0.3 is 9.80 Å². The Labute approximate surface area is 133 Å². The molecule has 2 rings (SSSR count). The van der Waals surface area contributed by atoms with Gasteiger partial charge in [-0.2, -0.15) is 0 Å². The number of thiocarbonyl (C=S) groups is 1. The minimum absolute atomic E-state index is 0.0802. The van der Waals surface area contributed by atoms with E-state index in [9.17, 15) is 4.79 Å². The van der Waals surface area contributed by atoms with Crippen LogP contribution in [0.4, 0.5) is 0 Å². The average Bonchev–Trinajstić information content (AvgIpc) is 2.41. The van der Waals surface area contributed by atoms with E-state index < -0.39 is 0 Å². The Hall–Kier alpha value is -1.20. The minimum atomic E-state index is -0.121. The highest BCUT2D eigenvalue weighted by Gasteiger charge is 2.34. The third-order valence-electron chi connectivity index (χ3n) is 3.71. The minimum Gasteiger partial charge on any atom is -0.341 e. The van der Waals surface area contributed by atoms with Crippen LogP contribution in [-0.4, -0.2) is 34.8 Å². The first kappa shape index (κ1) is 15.2. The van der Waals surface area contributed by atoms with Gasteiger partial charge in [-0.3, -0.25) is 4.79 Å². The summed E-state index contributed by atoms with van der Waals surface area (Å²) in [5.74, 6) is 0.0802. The smallest absolute Gasteiger partial charge is 0.176 e. The molecule has 5 heteroatoms. The zero-order valence-corrected chi connectivity index (χ0v) is 14.4. The maximum atomic E-state index is 12.1. The molecule has 106 valence electrons. The van der Waals surface area contributed by atoms with Crippen molar-refractivity contribution in [2.24, 2.45) is 0 Å². The molecule has 1 aliphatic rings. The lowest BCUT2D eigenvalue weighted by atomic mass is 9.91. The Morgan fingerprint density at radius 3 is 2.30 bits per heavy atom. The fraction of sp³-hybridized carbons (Fsp3) is 0.333. The van der Waals surface area contributed by atoms with Crippen molar-refractivity contribution in [3.63, 3.8) is 0 Å². The summed E-state index contributed by atoms with van der Waals surface area (Å²) in [6.07, 6.45) is 0. The van der Waals surface area contributed by atoms with E-state index in [1.807, 2.05) is 55.1 Å². The van der Waals surface area contributed by atoms with Crippen molar-refractivity contribution in [3.05, 3.63) is 45.6 Å². The van der Waals surface area contributed by atoms with Gasteiger partial charge in [-0.15, -0.1) is 0 Å². The van der Waals surface area contributed by atoms with Crippen LogP contribution in [0, 0.1) is 0 Å². The van der Waals surface area contributed by atoms with Gasteiger partial charge >= 0.3 is 0 Å². The summed E-state index contributed by atoms with van der Waals surface area (Å²) in [6.45, 7) is 3.56. The van der Waals surface area contributed by atoms with Gasteiger partial charge in [0.15, 0.2) is 10.9 Å². The summed E-state index contributed by atoms with van der Waals surface area (Å²) in [4.78, 5) is 16.0. The summed E-state index contributed by atoms with van der Waals surface area (Å²) < 4.78 is 1.02. The lowest BCUT2D eigenvalue weighted by molar-refractivity contribution is -0.114. The fourth-order valence-corrected chi connectivity index (χ4v) is 3.05. The van der Waals surface area contributed by atoms with Gasteiger partial charge in [-0.1, -0.05) is 28.1 Å². The maximum Gasteiger partial charge on any atom is 0.176 e. The number of carbonyl (C=O) groups is 1. The van der Waals surface area contributed by atoms with Crippen LogP contribution in [-0.2, 0) is 4.79 Å². The molecular weight excluding hydrogens is 336 g/mol. The molecule has 0 N–H and O–H groups in total. The van der Waals surface area contributed by atoms with Gasteiger partial charge in [0, 0.05) is 29.8 Å². The van der Waals surface area contributed by atoms with Crippen molar-refractivity contribution in [1.82, 2.24) is 9.80 Å². The van der Waals surface area contributed by atoms with Crippen molar-refractivity contribution in [2.75, 3.05) is 14.1 Å². The maximum absolute atomic E-state index is 12.1. The van der Waals surface area contributed by atoms with E-state index in [1.54, 1.807) is 6.92 Å². The number of ketones is 1. The zero-order valence-electron chi connectivity index (χ0n) is 12.0. The van der Waals surface area contributed by atoms with Crippen LogP contribution >= 0.6 is 28.1 Å². The number of allylic oxidation sites excluding steroid dienone is 1. The van der Waals surface area contributed by atoms with Crippen molar-refractivity contribution in [1.29, 1.82) is 0 Å². The van der Waals surface area contributed by atoms with Crippen LogP contribution in [0.5, 0.6) is 0 Å². The molecule has 1 atom stereocenters. The third kappa shape index (κ3) is 2.52. The summed E-state index contributed by atoms with van der Waals surface area (Å²) >= 11 is 8.90. The second-order valence-corrected chi connectivity index (χ2v) is 6.24. The van der Waals surface area contributed by atoms with Gasteiger partial charge in [0.05, 0.1) is 6.04 Å². The molecule has 0 amide bonds. The number of likely N-dealkylation sites (N-methyl/N-ethyl adjacent to an activating group) is 1. The van der Waals surface area contributed by atoms with Gasteiger partial charge in [0.2, 0.25) is 0 Å². The van der Waals surface area contributed by atoms with Crippen molar-refractivity contribution in [2.45, 2.75) is 19.9 Å². The molecule has 1 aromatic carbocycles. The van der Waals surface area contributed by atoms with Crippen LogP contribution in [0.15, 0.2) is 40.0 Å². The Morgan fingerprint density at radius 2 is 1.80 bits per heavy atom. The molecule has 20 heavy (non-hydrogen) atoms. The Kier molecular flexibility index (Phi) is 4.30. The first-order valence-electron chi connectivity index (χ1n) is 6.32. The van der Waals surface area contributed by atoms with E-state index in [2.05, 4.69) is 15.9 Å². The average molecular weight is 353 g/mol. The highest BCUT2D eigenvalue weighted by Crippen LogP contribution is 2.36. The standard InChI is InChI=1S/C15H17BrN2OS/c1-9-13(10(2)19)14(18(4)15(20)17(9)3)11-5-7-12(16)8-6-11/h5-8,14H,1-4H3. The molecule has 0 bridgehead atoms. The Morgan fingerprint density at radius 1 is 1.25 bits per heavy atom. The molecule has 0 fully saturated rings. The van der Waals surface area contributed by atoms with Gasteiger partial charge in [0.1, 0.15) is 0 Å². The zero-order chi connectivity index (χ0) is 15.0. The highest BCUT2D eigenvalue weighted by molar-refractivity contribution is 9.10. The molecule has 1 aliphatic heterocycles. The predicted octanol–water partition coefficient (Wildman–Crippen LogP) is 3.52. The lowest BCUT2D eigenvalue weighted by Crippen LogP contribution is -2.46. The second-order valence-electron chi connectivity index (χ2n) is 4.96. The molecule has 1 heterocycles. The van der Waals surface area contributed by atoms with Crippen LogP contribution < -0.4 is 0 Å². The topological polar surface area (TPSA) is 23.6 Å². The first-order chi connectivity index (χ1) is 9.34. The number of halogens is 1. The van der Waals surface area contributed by atoms with E-state index in [4.69, 9.17) is 12.2 Å². The fourth-order valence-electron chi connectivity index (χ4n) is 2.55. The molecule has 1 aromatic rings. The molecule has 0 radical (unpaired) electrons. The number of rotatable bonds is 2. The van der Waals surface area contributed by atoms with Crippen molar-refractivity contribution in [3.8, 4) is 0 Å². The SMILES string of the molecule is CC(=O)C1=C(C)N(C)C(=S)N(C)C1c1ccc(Br)cc1. The lowest BCUT2D eigenvalue weighted by Gasteiger charge is -2.42. The van der Waals surface area contributed by atoms with E-state index in [0.717, 1.165) is 26.4 Å². The largest absolute Gasteiger partial charge is 0.341 e. The first-order valence-corrected chi connectivity index (χ1v) is 7.52. The number of nitrogens with zero attached hydrogens (tertiary/aromatic N) is 2. The van der Waals surface area contributed by atoms with Crippen molar-refractivity contribution >= 4 is 39.0 Å². The number of hydrogen-bond donors (Lipinski definition) is 0. The number of benzene rings is 1. The Bertz CT molecular complexity index is 594. The molecule has 0 aromatic heterocycles. The molecule has 3 nitrogen and oxygen atoms in total. The Balaban J connectivity index is 2.60. The van der Waals surface area contributed by atoms with Gasteiger partial charge in [-0.25, -0.2) is 0 Å². The molecular formula is C15H17BrN2OS. The number of carbonyl (C=O) groups excluding carboxylic acids is 1. The number of hydrogen-bond acceptors (Lipinski definition) is 2. The van der Waals surface area contributed by atoms with Crippen LogP contribution in [0.1, 0.15) is 25.5 Å². The van der Waals surface area contributed by atoms with E-state index in [1.165, 1.54) is 0 Å². The summed E-state index contributed by atoms with van der Waals surface area (Å²) in [7, 11) is 3.83. The summed E-state index contributed by atoms with van der Waals surface area (Å²) in [5, 5.41) is 0.723. The van der Waals surface area contributed by atoms with Crippen molar-refractivity contribution < 1.29 is 4.79 Å². The predicted molar refractivity (Wildman–Crippen MR) is 88.4 cm³/mol. The second kappa shape index (κ2) is 5.66. The number of Topliss-reactive ketones (excluding diaryl/α,β-unsaturated/α-hetero) is 1. The van der Waals surface area contributed by atoms with Crippen LogP contribution in [0.2, 0.25) is 0 Å². The molecule has 1 unspecified atom stereocenters. The normalized spacial score (nSPS) is 19.6. The van der Waals surface area contributed by atoms with E-state index in [0.29, 0.717) is 0 Å². The summed E-state index contributed by atoms with van der Waals surface area (Å²) in [5.41, 5.74) is 2.79. The van der Waals surface area contributed by atoms with Gasteiger partial charge in [0.25, 0.3) is 0 Å². The monoisotopic (exact) mass is 352 g/mol. The van der Waals surface area contributed by atoms with Crippen LogP contribution in [0.25, 0.3) is 0 Å². The molecule has 0 saturated heterocycles. The van der Waals surface area contributed by atoms with Crippen LogP contribution in [0.3, 0.4) is 0 Å². The van der Waals surface area contributed by atoms with E-state index in [-0.39, 0.29) is 11.8 Å². The van der Waals surface area contributed by atoms with Gasteiger partial charge in [-0.05, 0) is 43.8 Å².